The number of anilines is 4. The number of carbonyl (C=O) groups is 4. The molecule has 0 bridgehead atoms. The maximum absolute atomic E-state index is 16.1. The van der Waals surface area contributed by atoms with Crippen LogP contribution in [0.1, 0.15) is 49.9 Å². The fourth-order valence-electron chi connectivity index (χ4n) is 8.32. The minimum absolute atomic E-state index is 0.0571. The monoisotopic (exact) mass is 860 g/mol. The Kier molecular flexibility index (Phi) is 12.7. The highest BCUT2D eigenvalue weighted by atomic mass is 35.5. The normalized spacial score (nSPS) is 17.9. The molecule has 5 heterocycles. The average Bonchev–Trinajstić information content (AvgIpc) is 3.26. The van der Waals surface area contributed by atoms with Crippen LogP contribution in [-0.2, 0) is 21.4 Å². The number of ether oxygens (including phenoxy) is 2. The molecule has 2 aromatic heterocycles. The largest absolute Gasteiger partial charge is 0.497 e. The van der Waals surface area contributed by atoms with Crippen molar-refractivity contribution in [2.45, 2.75) is 51.1 Å². The topological polar surface area (TPSA) is 192 Å². The number of methoxy groups -OCH3 is 1. The summed E-state index contributed by atoms with van der Waals surface area (Å²) in [6.45, 7) is 8.28. The first kappa shape index (κ1) is 43.1. The second kappa shape index (κ2) is 17.9. The van der Waals surface area contributed by atoms with Gasteiger partial charge in [0.05, 0.1) is 30.1 Å². The van der Waals surface area contributed by atoms with Gasteiger partial charge in [0.1, 0.15) is 16.8 Å². The third-order valence-electron chi connectivity index (χ3n) is 12.1. The first-order valence-corrected chi connectivity index (χ1v) is 20.6. The smallest absolute Gasteiger partial charge is 0.293 e. The van der Waals surface area contributed by atoms with Crippen molar-refractivity contribution in [3.63, 3.8) is 0 Å². The number of nitrogens with zero attached hydrogens (tertiary/aromatic N) is 6. The van der Waals surface area contributed by atoms with Gasteiger partial charge in [0.25, 0.3) is 17.4 Å². The zero-order valence-corrected chi connectivity index (χ0v) is 35.5. The number of halogens is 2. The van der Waals surface area contributed by atoms with Crippen LogP contribution >= 0.6 is 11.6 Å². The molecule has 3 aliphatic heterocycles. The lowest BCUT2D eigenvalue weighted by Gasteiger charge is -2.50. The number of piperidine rings is 2. The molecule has 7 rings (SSSR count). The van der Waals surface area contributed by atoms with Crippen molar-refractivity contribution in [3.8, 4) is 11.5 Å². The number of imide groups is 1. The Labute approximate surface area is 356 Å². The Bertz CT molecular complexity index is 2410. The number of benzene rings is 2. The highest BCUT2D eigenvalue weighted by molar-refractivity contribution is 6.33. The van der Waals surface area contributed by atoms with E-state index < -0.39 is 29.6 Å². The second-order valence-corrected chi connectivity index (χ2v) is 16.4. The van der Waals surface area contributed by atoms with Crippen molar-refractivity contribution < 1.29 is 33.0 Å². The summed E-state index contributed by atoms with van der Waals surface area (Å²) in [6, 6.07) is 9.07. The van der Waals surface area contributed by atoms with Crippen LogP contribution in [0, 0.1) is 11.7 Å². The summed E-state index contributed by atoms with van der Waals surface area (Å²) in [5.74, 6) is -1.16. The standard InChI is InChI=1S/C42H50ClFN10O7/c1-42(2,25-10-12-52(13-11-25)32-21-27(60-5)20-28(36(32)44)38(57)48-30-7-9-34(55)49-39(30)58)54-16-14-53(15-17-54)41-46-22-29(43)37(50-41)47-26-6-8-31-24(18-26)19-33(40(59)51(31)4)61-23-35(56)45-3/h6,8,18-22,25,30H,7,9-17,23H2,1-5H3,(H,45,56)(H,48,57)(H,46,47,50)(H,49,55,58). The van der Waals surface area contributed by atoms with E-state index in [0.717, 1.165) is 25.9 Å². The summed E-state index contributed by atoms with van der Waals surface area (Å²) in [5, 5.41) is 11.6. The van der Waals surface area contributed by atoms with Crippen molar-refractivity contribution in [3.05, 3.63) is 69.4 Å². The molecule has 3 fully saturated rings. The Balaban J connectivity index is 0.969. The van der Waals surface area contributed by atoms with Gasteiger partial charge in [-0.2, -0.15) is 4.98 Å². The fourth-order valence-corrected chi connectivity index (χ4v) is 8.45. The number of nitrogens with one attached hydrogen (secondary N) is 4. The van der Waals surface area contributed by atoms with Crippen LogP contribution in [0.15, 0.2) is 47.4 Å². The molecule has 0 aliphatic carbocycles. The lowest BCUT2D eigenvalue weighted by atomic mass is 9.78. The summed E-state index contributed by atoms with van der Waals surface area (Å²) < 4.78 is 28.5. The van der Waals surface area contributed by atoms with Gasteiger partial charge in [-0.15, -0.1) is 0 Å². The van der Waals surface area contributed by atoms with E-state index >= 15 is 4.39 Å². The van der Waals surface area contributed by atoms with Crippen molar-refractivity contribution in [1.29, 1.82) is 0 Å². The molecule has 0 saturated carbocycles. The average molecular weight is 861 g/mol. The SMILES string of the molecule is CNC(=O)COc1cc2cc(Nc3nc(N4CCN(C(C)(C)C5CCN(c6cc(OC)cc(C(=O)NC7CCC(=O)NC7=O)c6F)CC5)CC4)ncc3Cl)ccc2n(C)c1=O. The number of likely N-dealkylation sites (N-methyl/N-ethyl adjacent to an activating group) is 1. The fraction of sp³-hybridized carbons (Fsp3) is 0.452. The second-order valence-electron chi connectivity index (χ2n) is 16.0. The number of carbonyl (C=O) groups excluding carboxylic acids is 4. The molecular formula is C42H50ClFN10O7. The molecule has 2 aromatic carbocycles. The predicted octanol–water partition coefficient (Wildman–Crippen LogP) is 3.35. The molecule has 17 nitrogen and oxygen atoms in total. The quantitative estimate of drug-likeness (QED) is 0.152. The van der Waals surface area contributed by atoms with Crippen LogP contribution in [0.3, 0.4) is 0 Å². The maximum atomic E-state index is 16.1. The molecule has 19 heteroatoms. The van der Waals surface area contributed by atoms with E-state index in [1.807, 2.05) is 23.1 Å². The molecule has 4 amide bonds. The van der Waals surface area contributed by atoms with Gasteiger partial charge in [-0.3, -0.25) is 34.2 Å². The number of fused-ring (bicyclic) bond motifs is 1. The minimum atomic E-state index is -0.936. The number of aryl methyl sites for hydroxylation is 1. The van der Waals surface area contributed by atoms with Crippen LogP contribution in [0.25, 0.3) is 10.9 Å². The van der Waals surface area contributed by atoms with Gasteiger partial charge < -0.3 is 39.8 Å². The van der Waals surface area contributed by atoms with E-state index in [0.29, 0.717) is 71.2 Å². The molecule has 324 valence electrons. The molecule has 4 aromatic rings. The third kappa shape index (κ3) is 9.19. The first-order chi connectivity index (χ1) is 29.2. The number of pyridine rings is 1. The zero-order chi connectivity index (χ0) is 43.6. The Hall–Kier alpha value is -6.01. The van der Waals surface area contributed by atoms with Gasteiger partial charge >= 0.3 is 0 Å². The van der Waals surface area contributed by atoms with Crippen LogP contribution < -0.4 is 46.1 Å². The molecule has 4 N–H and O–H groups in total. The first-order valence-electron chi connectivity index (χ1n) is 20.2. The summed E-state index contributed by atoms with van der Waals surface area (Å²) in [4.78, 5) is 77.5. The van der Waals surface area contributed by atoms with Crippen LogP contribution in [-0.4, -0.2) is 115 Å². The number of aromatic nitrogens is 3. The lowest BCUT2D eigenvalue weighted by molar-refractivity contribution is -0.134. The summed E-state index contributed by atoms with van der Waals surface area (Å²) in [5.41, 5.74) is 0.871. The lowest BCUT2D eigenvalue weighted by Crippen LogP contribution is -2.59. The molecule has 61 heavy (non-hydrogen) atoms. The summed E-state index contributed by atoms with van der Waals surface area (Å²) in [7, 11) is 4.59. The van der Waals surface area contributed by atoms with E-state index in [1.165, 1.54) is 24.8 Å². The highest BCUT2D eigenvalue weighted by Gasteiger charge is 2.40. The van der Waals surface area contributed by atoms with Gasteiger partial charge in [0, 0.05) is 82.5 Å². The number of piperazine rings is 1. The predicted molar refractivity (Wildman–Crippen MR) is 228 cm³/mol. The zero-order valence-electron chi connectivity index (χ0n) is 34.8. The van der Waals surface area contributed by atoms with E-state index in [1.54, 1.807) is 25.4 Å². The Morgan fingerprint density at radius 3 is 2.43 bits per heavy atom. The number of hydrogen-bond acceptors (Lipinski definition) is 13. The van der Waals surface area contributed by atoms with Crippen molar-refractivity contribution in [2.24, 2.45) is 13.0 Å². The van der Waals surface area contributed by atoms with E-state index in [4.69, 9.17) is 26.1 Å². The Morgan fingerprint density at radius 2 is 1.74 bits per heavy atom. The van der Waals surface area contributed by atoms with Gasteiger partial charge in [0.15, 0.2) is 24.0 Å². The molecule has 1 unspecified atom stereocenters. The van der Waals surface area contributed by atoms with Crippen molar-refractivity contribution >= 4 is 69.3 Å². The van der Waals surface area contributed by atoms with Gasteiger partial charge in [0.2, 0.25) is 17.8 Å². The molecule has 3 aliphatic rings. The van der Waals surface area contributed by atoms with Crippen LogP contribution in [0.5, 0.6) is 11.5 Å². The van der Waals surface area contributed by atoms with Crippen molar-refractivity contribution in [1.82, 2.24) is 35.4 Å². The number of rotatable bonds is 12. The van der Waals surface area contributed by atoms with Crippen molar-refractivity contribution in [2.75, 3.05) is 75.1 Å². The van der Waals surface area contributed by atoms with Crippen LogP contribution in [0.2, 0.25) is 5.02 Å². The molecule has 0 spiro atoms. The van der Waals surface area contributed by atoms with E-state index in [-0.39, 0.29) is 53.5 Å². The summed E-state index contributed by atoms with van der Waals surface area (Å²) >= 11 is 6.58. The van der Waals surface area contributed by atoms with Gasteiger partial charge in [-0.25, -0.2) is 9.37 Å². The molecule has 3 saturated heterocycles. The van der Waals surface area contributed by atoms with Gasteiger partial charge in [-0.1, -0.05) is 11.6 Å². The molecule has 1 atom stereocenters. The minimum Gasteiger partial charge on any atom is -0.497 e. The molecule has 0 radical (unpaired) electrons. The third-order valence-corrected chi connectivity index (χ3v) is 12.4. The number of amides is 4. The number of hydrogen-bond donors (Lipinski definition) is 4. The Morgan fingerprint density at radius 1 is 1.00 bits per heavy atom. The highest BCUT2D eigenvalue weighted by Crippen LogP contribution is 2.38. The van der Waals surface area contributed by atoms with Crippen LogP contribution in [0.4, 0.5) is 27.5 Å². The molecular weight excluding hydrogens is 811 g/mol. The van der Waals surface area contributed by atoms with E-state index in [9.17, 15) is 24.0 Å². The summed E-state index contributed by atoms with van der Waals surface area (Å²) in [6.07, 6.45) is 3.40. The van der Waals surface area contributed by atoms with Gasteiger partial charge in [-0.05, 0) is 69.4 Å². The van der Waals surface area contributed by atoms with E-state index in [2.05, 4.69) is 49.9 Å². The maximum Gasteiger partial charge on any atom is 0.293 e.